The van der Waals surface area contributed by atoms with Crippen LogP contribution < -0.4 is 0 Å². The Balaban J connectivity index is 2.51. The lowest BCUT2D eigenvalue weighted by molar-refractivity contribution is 0.0541. The minimum atomic E-state index is -0.522. The number of carbonyl (C=O) groups is 1. The van der Waals surface area contributed by atoms with Crippen LogP contribution in [0.25, 0.3) is 10.9 Å². The number of carbonyl (C=O) groups excluding carboxylic acids is 1. The van der Waals surface area contributed by atoms with Gasteiger partial charge < -0.3 is 4.74 Å². The van der Waals surface area contributed by atoms with E-state index >= 15 is 0 Å². The zero-order chi connectivity index (χ0) is 13.3. The number of alkyl halides is 1. The summed E-state index contributed by atoms with van der Waals surface area (Å²) in [5, 5.41) is 0.985. The van der Waals surface area contributed by atoms with Crippen LogP contribution in [0.4, 0.5) is 4.79 Å². The van der Waals surface area contributed by atoms with Crippen molar-refractivity contribution in [3.63, 3.8) is 0 Å². The second-order valence-electron chi connectivity index (χ2n) is 5.14. The lowest BCUT2D eigenvalue weighted by atomic mass is 10.2. The van der Waals surface area contributed by atoms with Crippen molar-refractivity contribution in [3.8, 4) is 0 Å². The van der Waals surface area contributed by atoms with E-state index in [1.165, 1.54) is 4.57 Å². The molecule has 0 saturated heterocycles. The molecule has 0 amide bonds. The first-order chi connectivity index (χ1) is 8.42. The lowest BCUT2D eigenvalue weighted by Crippen LogP contribution is -2.27. The Labute approximate surface area is 111 Å². The zero-order valence-electron chi connectivity index (χ0n) is 10.7. The number of halogens is 1. The Hall–Kier alpha value is -1.48. The molecule has 0 aliphatic heterocycles. The standard InChI is InChI=1S/C14H16ClNO2/c1-14(2,3)18-13(17)16-11(9-15)8-10-6-4-5-7-12(10)16/h4-8H,9H2,1-3H3. The molecule has 0 aliphatic rings. The SMILES string of the molecule is CC(C)(C)OC(=O)n1c(CCl)cc2ccccc21. The van der Waals surface area contributed by atoms with Crippen molar-refractivity contribution in [2.45, 2.75) is 32.3 Å². The third-order valence-electron chi connectivity index (χ3n) is 2.50. The van der Waals surface area contributed by atoms with Crippen molar-refractivity contribution in [1.29, 1.82) is 0 Å². The average molecular weight is 266 g/mol. The molecule has 0 unspecified atom stereocenters. The second kappa shape index (κ2) is 4.65. The van der Waals surface area contributed by atoms with E-state index in [0.29, 0.717) is 0 Å². The van der Waals surface area contributed by atoms with Crippen LogP contribution in [0.3, 0.4) is 0 Å². The van der Waals surface area contributed by atoms with Gasteiger partial charge in [0.2, 0.25) is 0 Å². The molecule has 1 aromatic carbocycles. The highest BCUT2D eigenvalue weighted by Crippen LogP contribution is 2.22. The quantitative estimate of drug-likeness (QED) is 0.725. The van der Waals surface area contributed by atoms with E-state index in [4.69, 9.17) is 16.3 Å². The number of benzene rings is 1. The molecule has 0 N–H and O–H groups in total. The molecule has 0 saturated carbocycles. The van der Waals surface area contributed by atoms with Gasteiger partial charge in [-0.1, -0.05) is 18.2 Å². The molecule has 96 valence electrons. The van der Waals surface area contributed by atoms with E-state index in [9.17, 15) is 4.79 Å². The van der Waals surface area contributed by atoms with Gasteiger partial charge in [-0.05, 0) is 32.9 Å². The van der Waals surface area contributed by atoms with Crippen LogP contribution in [0.5, 0.6) is 0 Å². The Kier molecular flexibility index (Phi) is 3.35. The average Bonchev–Trinajstić information content (AvgIpc) is 2.64. The zero-order valence-corrected chi connectivity index (χ0v) is 11.5. The minimum Gasteiger partial charge on any atom is -0.443 e. The van der Waals surface area contributed by atoms with Crippen molar-refractivity contribution < 1.29 is 9.53 Å². The van der Waals surface area contributed by atoms with Crippen LogP contribution in [0.1, 0.15) is 26.5 Å². The summed E-state index contributed by atoms with van der Waals surface area (Å²) in [5.74, 6) is 0.272. The summed E-state index contributed by atoms with van der Waals surface area (Å²) in [5.41, 5.74) is 1.04. The Bertz CT molecular complexity index is 581. The number of fused-ring (bicyclic) bond motifs is 1. The summed E-state index contributed by atoms with van der Waals surface area (Å²) in [6.45, 7) is 5.53. The number of aromatic nitrogens is 1. The number of nitrogens with zero attached hydrogens (tertiary/aromatic N) is 1. The minimum absolute atomic E-state index is 0.272. The monoisotopic (exact) mass is 265 g/mol. The van der Waals surface area contributed by atoms with Gasteiger partial charge in [0.1, 0.15) is 5.60 Å². The summed E-state index contributed by atoms with van der Waals surface area (Å²) in [7, 11) is 0. The third kappa shape index (κ3) is 2.51. The molecule has 0 spiro atoms. The maximum atomic E-state index is 12.2. The largest absolute Gasteiger partial charge is 0.443 e. The van der Waals surface area contributed by atoms with Crippen molar-refractivity contribution in [3.05, 3.63) is 36.0 Å². The molecule has 1 heterocycles. The highest BCUT2D eigenvalue weighted by Gasteiger charge is 2.21. The molecule has 3 nitrogen and oxygen atoms in total. The van der Waals surface area contributed by atoms with Crippen molar-refractivity contribution in [1.82, 2.24) is 4.57 Å². The molecule has 1 aromatic heterocycles. The normalized spacial score (nSPS) is 11.8. The molecule has 0 atom stereocenters. The molecule has 0 radical (unpaired) electrons. The molecule has 2 rings (SSSR count). The van der Waals surface area contributed by atoms with E-state index in [1.807, 2.05) is 51.1 Å². The van der Waals surface area contributed by atoms with Crippen LogP contribution in [-0.2, 0) is 10.6 Å². The number of hydrogen-bond acceptors (Lipinski definition) is 2. The lowest BCUT2D eigenvalue weighted by Gasteiger charge is -2.20. The highest BCUT2D eigenvalue weighted by molar-refractivity contribution is 6.17. The fraction of sp³-hybridized carbons (Fsp3) is 0.357. The van der Waals surface area contributed by atoms with Crippen LogP contribution >= 0.6 is 11.6 Å². The van der Waals surface area contributed by atoms with Gasteiger partial charge in [0.05, 0.1) is 11.4 Å². The van der Waals surface area contributed by atoms with Crippen LogP contribution in [-0.4, -0.2) is 16.3 Å². The summed E-state index contributed by atoms with van der Waals surface area (Å²) >= 11 is 5.89. The first kappa shape index (κ1) is 13.0. The molecule has 4 heteroatoms. The maximum absolute atomic E-state index is 12.2. The first-order valence-corrected chi connectivity index (χ1v) is 6.34. The van der Waals surface area contributed by atoms with Crippen molar-refractivity contribution in [2.75, 3.05) is 0 Å². The van der Waals surface area contributed by atoms with Gasteiger partial charge in [-0.15, -0.1) is 11.6 Å². The summed E-state index contributed by atoms with van der Waals surface area (Å²) in [6.07, 6.45) is -0.389. The van der Waals surface area contributed by atoms with Gasteiger partial charge >= 0.3 is 6.09 Å². The molecule has 0 fully saturated rings. The Morgan fingerprint density at radius 3 is 2.61 bits per heavy atom. The number of hydrogen-bond donors (Lipinski definition) is 0. The van der Waals surface area contributed by atoms with E-state index < -0.39 is 5.60 Å². The van der Waals surface area contributed by atoms with E-state index in [-0.39, 0.29) is 12.0 Å². The van der Waals surface area contributed by atoms with Crippen LogP contribution in [0.15, 0.2) is 30.3 Å². The van der Waals surface area contributed by atoms with Gasteiger partial charge in [0.25, 0.3) is 0 Å². The Morgan fingerprint density at radius 1 is 1.33 bits per heavy atom. The molecule has 0 bridgehead atoms. The number of ether oxygens (including phenoxy) is 1. The van der Waals surface area contributed by atoms with E-state index in [2.05, 4.69) is 0 Å². The van der Waals surface area contributed by atoms with Gasteiger partial charge in [-0.3, -0.25) is 0 Å². The second-order valence-corrected chi connectivity index (χ2v) is 5.41. The fourth-order valence-electron chi connectivity index (χ4n) is 1.83. The predicted octanol–water partition coefficient (Wildman–Crippen LogP) is 4.16. The predicted molar refractivity (Wildman–Crippen MR) is 73.1 cm³/mol. The first-order valence-electron chi connectivity index (χ1n) is 5.81. The van der Waals surface area contributed by atoms with Crippen molar-refractivity contribution in [2.24, 2.45) is 0 Å². The summed E-state index contributed by atoms with van der Waals surface area (Å²) < 4.78 is 6.93. The van der Waals surface area contributed by atoms with Gasteiger partial charge in [0, 0.05) is 11.1 Å². The molecular weight excluding hydrogens is 250 g/mol. The summed E-state index contributed by atoms with van der Waals surface area (Å²) in [4.78, 5) is 12.2. The fourth-order valence-corrected chi connectivity index (χ4v) is 2.03. The van der Waals surface area contributed by atoms with Gasteiger partial charge in [-0.25, -0.2) is 9.36 Å². The molecule has 0 aliphatic carbocycles. The van der Waals surface area contributed by atoms with Crippen LogP contribution in [0.2, 0.25) is 0 Å². The van der Waals surface area contributed by atoms with Crippen LogP contribution in [0, 0.1) is 0 Å². The molecular formula is C14H16ClNO2. The summed E-state index contributed by atoms with van der Waals surface area (Å²) in [6, 6.07) is 9.56. The van der Waals surface area contributed by atoms with Crippen molar-refractivity contribution >= 4 is 28.6 Å². The van der Waals surface area contributed by atoms with Gasteiger partial charge in [-0.2, -0.15) is 0 Å². The van der Waals surface area contributed by atoms with E-state index in [0.717, 1.165) is 16.6 Å². The van der Waals surface area contributed by atoms with Gasteiger partial charge in [0.15, 0.2) is 0 Å². The molecule has 2 aromatic rings. The molecule has 18 heavy (non-hydrogen) atoms. The third-order valence-corrected chi connectivity index (χ3v) is 2.77. The maximum Gasteiger partial charge on any atom is 0.419 e. The van der Waals surface area contributed by atoms with E-state index in [1.54, 1.807) is 0 Å². The number of rotatable bonds is 1. The Morgan fingerprint density at radius 2 is 2.00 bits per heavy atom. The highest BCUT2D eigenvalue weighted by atomic mass is 35.5. The number of para-hydroxylation sites is 1. The smallest absolute Gasteiger partial charge is 0.419 e. The topological polar surface area (TPSA) is 31.2 Å².